The zero-order chi connectivity index (χ0) is 13.8. The number of benzene rings is 1. The molecule has 1 amide bonds. The van der Waals surface area contributed by atoms with Crippen LogP contribution < -0.4 is 10.6 Å². The standard InChI is InChI=1S/C14H18F2N2O.ClH/c1-9-7-11(5-6-17-9)18-13(19)8-10-3-2-4-12(15)14(10)16;/h2-4,9,11,17H,5-8H2,1H3,(H,18,19);1H. The zero-order valence-electron chi connectivity index (χ0n) is 11.3. The van der Waals surface area contributed by atoms with Gasteiger partial charge in [0.2, 0.25) is 5.91 Å². The van der Waals surface area contributed by atoms with E-state index >= 15 is 0 Å². The summed E-state index contributed by atoms with van der Waals surface area (Å²) in [5.74, 6) is -2.11. The molecular formula is C14H19ClF2N2O. The van der Waals surface area contributed by atoms with E-state index in [0.717, 1.165) is 25.5 Å². The fourth-order valence-corrected chi connectivity index (χ4v) is 2.40. The molecule has 0 bridgehead atoms. The summed E-state index contributed by atoms with van der Waals surface area (Å²) in [6, 6.07) is 4.37. The van der Waals surface area contributed by atoms with E-state index in [0.29, 0.717) is 6.04 Å². The minimum Gasteiger partial charge on any atom is -0.353 e. The van der Waals surface area contributed by atoms with E-state index in [1.165, 1.54) is 12.1 Å². The Morgan fingerprint density at radius 3 is 2.90 bits per heavy atom. The highest BCUT2D eigenvalue weighted by Gasteiger charge is 2.20. The Balaban J connectivity index is 0.00000200. The van der Waals surface area contributed by atoms with Crippen LogP contribution in [0.25, 0.3) is 0 Å². The Bertz CT molecular complexity index is 470. The Kier molecular flexibility index (Phi) is 6.36. The van der Waals surface area contributed by atoms with Crippen molar-refractivity contribution >= 4 is 18.3 Å². The molecule has 1 aromatic carbocycles. The van der Waals surface area contributed by atoms with Gasteiger partial charge in [0.05, 0.1) is 6.42 Å². The molecule has 0 spiro atoms. The quantitative estimate of drug-likeness (QED) is 0.899. The van der Waals surface area contributed by atoms with E-state index in [-0.39, 0.29) is 36.3 Å². The second-order valence-corrected chi connectivity index (χ2v) is 5.03. The zero-order valence-corrected chi connectivity index (χ0v) is 12.1. The fourth-order valence-electron chi connectivity index (χ4n) is 2.40. The Morgan fingerprint density at radius 1 is 1.45 bits per heavy atom. The van der Waals surface area contributed by atoms with Gasteiger partial charge in [0.1, 0.15) is 0 Å². The second-order valence-electron chi connectivity index (χ2n) is 5.03. The number of amides is 1. The highest BCUT2D eigenvalue weighted by molar-refractivity contribution is 5.85. The summed E-state index contributed by atoms with van der Waals surface area (Å²) >= 11 is 0. The van der Waals surface area contributed by atoms with Crippen molar-refractivity contribution in [3.8, 4) is 0 Å². The van der Waals surface area contributed by atoms with Crippen LogP contribution in [0.15, 0.2) is 18.2 Å². The highest BCUT2D eigenvalue weighted by Crippen LogP contribution is 2.13. The molecule has 0 saturated carbocycles. The Labute approximate surface area is 123 Å². The molecule has 6 heteroatoms. The Morgan fingerprint density at radius 2 is 2.20 bits per heavy atom. The second kappa shape index (κ2) is 7.55. The third-order valence-electron chi connectivity index (χ3n) is 3.37. The van der Waals surface area contributed by atoms with Gasteiger partial charge >= 0.3 is 0 Å². The minimum atomic E-state index is -0.934. The lowest BCUT2D eigenvalue weighted by Gasteiger charge is -2.28. The van der Waals surface area contributed by atoms with Gasteiger partial charge in [-0.05, 0) is 32.4 Å². The number of piperidine rings is 1. The van der Waals surface area contributed by atoms with Crippen molar-refractivity contribution in [2.75, 3.05) is 6.54 Å². The molecule has 2 rings (SSSR count). The van der Waals surface area contributed by atoms with E-state index in [1.54, 1.807) is 0 Å². The van der Waals surface area contributed by atoms with Crippen LogP contribution in [0.5, 0.6) is 0 Å². The van der Waals surface area contributed by atoms with E-state index in [1.807, 2.05) is 0 Å². The first-order valence-electron chi connectivity index (χ1n) is 6.52. The van der Waals surface area contributed by atoms with E-state index in [2.05, 4.69) is 17.6 Å². The van der Waals surface area contributed by atoms with Gasteiger partial charge in [0.25, 0.3) is 0 Å². The van der Waals surface area contributed by atoms with Crippen LogP contribution in [0, 0.1) is 11.6 Å². The first-order valence-corrected chi connectivity index (χ1v) is 6.52. The number of carbonyl (C=O) groups excluding carboxylic acids is 1. The number of rotatable bonds is 3. The van der Waals surface area contributed by atoms with Gasteiger partial charge in [-0.3, -0.25) is 4.79 Å². The van der Waals surface area contributed by atoms with Crippen LogP contribution in [0.2, 0.25) is 0 Å². The third-order valence-corrected chi connectivity index (χ3v) is 3.37. The predicted molar refractivity (Wildman–Crippen MR) is 75.9 cm³/mol. The van der Waals surface area contributed by atoms with Crippen molar-refractivity contribution in [1.29, 1.82) is 0 Å². The fraction of sp³-hybridized carbons (Fsp3) is 0.500. The molecule has 1 aromatic rings. The topological polar surface area (TPSA) is 41.1 Å². The first kappa shape index (κ1) is 16.9. The summed E-state index contributed by atoms with van der Waals surface area (Å²) in [4.78, 5) is 11.8. The summed E-state index contributed by atoms with van der Waals surface area (Å²) in [5, 5.41) is 6.17. The molecule has 112 valence electrons. The minimum absolute atomic E-state index is 0. The van der Waals surface area contributed by atoms with Crippen LogP contribution >= 0.6 is 12.4 Å². The smallest absolute Gasteiger partial charge is 0.224 e. The summed E-state index contributed by atoms with van der Waals surface area (Å²) in [7, 11) is 0. The molecule has 0 aromatic heterocycles. The lowest BCUT2D eigenvalue weighted by Crippen LogP contribution is -2.47. The third kappa shape index (κ3) is 4.42. The molecule has 1 saturated heterocycles. The summed E-state index contributed by atoms with van der Waals surface area (Å²) in [5.41, 5.74) is 0.0967. The lowest BCUT2D eigenvalue weighted by molar-refractivity contribution is -0.121. The molecule has 1 heterocycles. The normalized spacial score (nSPS) is 21.9. The predicted octanol–water partition coefficient (Wildman–Crippen LogP) is 2.19. The maximum atomic E-state index is 13.4. The van der Waals surface area contributed by atoms with Crippen molar-refractivity contribution < 1.29 is 13.6 Å². The average molecular weight is 305 g/mol. The largest absolute Gasteiger partial charge is 0.353 e. The van der Waals surface area contributed by atoms with Crippen molar-refractivity contribution in [3.63, 3.8) is 0 Å². The average Bonchev–Trinajstić information content (AvgIpc) is 2.35. The van der Waals surface area contributed by atoms with Gasteiger partial charge in [-0.25, -0.2) is 8.78 Å². The van der Waals surface area contributed by atoms with Crippen molar-refractivity contribution in [2.45, 2.75) is 38.3 Å². The molecule has 1 aliphatic heterocycles. The van der Waals surface area contributed by atoms with Crippen LogP contribution in [0.1, 0.15) is 25.3 Å². The molecule has 0 aliphatic carbocycles. The number of hydrogen-bond acceptors (Lipinski definition) is 2. The van der Waals surface area contributed by atoms with Gasteiger partial charge in [-0.2, -0.15) is 0 Å². The molecule has 3 nitrogen and oxygen atoms in total. The van der Waals surface area contributed by atoms with Crippen LogP contribution in [-0.2, 0) is 11.2 Å². The first-order chi connectivity index (χ1) is 9.06. The summed E-state index contributed by atoms with van der Waals surface area (Å²) in [6.45, 7) is 2.92. The lowest BCUT2D eigenvalue weighted by atomic mass is 10.00. The van der Waals surface area contributed by atoms with Gasteiger partial charge < -0.3 is 10.6 Å². The maximum Gasteiger partial charge on any atom is 0.224 e. The molecule has 2 unspecified atom stereocenters. The molecule has 2 N–H and O–H groups in total. The van der Waals surface area contributed by atoms with E-state index in [4.69, 9.17) is 0 Å². The number of hydrogen-bond donors (Lipinski definition) is 2. The number of halogens is 3. The van der Waals surface area contributed by atoms with E-state index < -0.39 is 11.6 Å². The van der Waals surface area contributed by atoms with Gasteiger partial charge in [0, 0.05) is 17.6 Å². The van der Waals surface area contributed by atoms with E-state index in [9.17, 15) is 13.6 Å². The monoisotopic (exact) mass is 304 g/mol. The summed E-state index contributed by atoms with van der Waals surface area (Å²) < 4.78 is 26.5. The molecule has 2 atom stereocenters. The SMILES string of the molecule is CC1CC(NC(=O)Cc2cccc(F)c2F)CCN1.Cl. The number of nitrogens with one attached hydrogen (secondary N) is 2. The van der Waals surface area contributed by atoms with Crippen molar-refractivity contribution in [3.05, 3.63) is 35.4 Å². The molecular weight excluding hydrogens is 286 g/mol. The Hall–Kier alpha value is -1.20. The van der Waals surface area contributed by atoms with Crippen LogP contribution in [0.4, 0.5) is 8.78 Å². The number of carbonyl (C=O) groups is 1. The van der Waals surface area contributed by atoms with Crippen LogP contribution in [-0.4, -0.2) is 24.5 Å². The summed E-state index contributed by atoms with van der Waals surface area (Å²) in [6.07, 6.45) is 1.60. The van der Waals surface area contributed by atoms with Gasteiger partial charge in [-0.15, -0.1) is 12.4 Å². The molecule has 1 fully saturated rings. The van der Waals surface area contributed by atoms with Gasteiger partial charge in [0.15, 0.2) is 11.6 Å². The molecule has 20 heavy (non-hydrogen) atoms. The molecule has 1 aliphatic rings. The van der Waals surface area contributed by atoms with Crippen molar-refractivity contribution in [1.82, 2.24) is 10.6 Å². The van der Waals surface area contributed by atoms with Crippen molar-refractivity contribution in [2.24, 2.45) is 0 Å². The van der Waals surface area contributed by atoms with Gasteiger partial charge in [-0.1, -0.05) is 12.1 Å². The highest BCUT2D eigenvalue weighted by atomic mass is 35.5. The molecule has 0 radical (unpaired) electrons. The van der Waals surface area contributed by atoms with Crippen LogP contribution in [0.3, 0.4) is 0 Å². The maximum absolute atomic E-state index is 13.4.